The molecule has 0 aliphatic heterocycles. The molecule has 1 atom stereocenters. The molecule has 0 spiro atoms. The van der Waals surface area contributed by atoms with Crippen LogP contribution in [0.3, 0.4) is 0 Å². The van der Waals surface area contributed by atoms with E-state index >= 15 is 0 Å². The number of hydrogen-bond acceptors (Lipinski definition) is 2. The fourth-order valence-corrected chi connectivity index (χ4v) is 1.57. The van der Waals surface area contributed by atoms with Gasteiger partial charge in [0.1, 0.15) is 0 Å². The molecular weight excluding hydrogens is 263 g/mol. The van der Waals surface area contributed by atoms with E-state index in [4.69, 9.17) is 11.6 Å². The lowest BCUT2D eigenvalue weighted by Crippen LogP contribution is -1.90. The quantitative estimate of drug-likeness (QED) is 0.660. The zero-order chi connectivity index (χ0) is 9.14. The minimum Gasteiger partial charge on any atom is -0.230 e. The number of halogens is 2. The van der Waals surface area contributed by atoms with Crippen LogP contribution in [0, 0.1) is 0 Å². The first-order valence-corrected chi connectivity index (χ1v) is 5.62. The monoisotopic (exact) mass is 268 g/mol. The van der Waals surface area contributed by atoms with Crippen LogP contribution >= 0.6 is 27.5 Å². The van der Waals surface area contributed by atoms with E-state index in [1.165, 1.54) is 0 Å². The highest BCUT2D eigenvalue weighted by molar-refractivity contribution is 9.10. The van der Waals surface area contributed by atoms with Crippen LogP contribution in [0.15, 0.2) is 28.7 Å². The molecule has 0 saturated carbocycles. The Balaban J connectivity index is 2.97. The first-order valence-electron chi connectivity index (χ1n) is 3.14. The highest BCUT2D eigenvalue weighted by Gasteiger charge is 2.08. The second-order valence-corrected chi connectivity index (χ2v) is 4.92. The van der Waals surface area contributed by atoms with Gasteiger partial charge in [-0.05, 0) is 17.7 Å². The van der Waals surface area contributed by atoms with Crippen LogP contribution in [0.5, 0.6) is 0 Å². The van der Waals surface area contributed by atoms with Crippen molar-refractivity contribution in [2.45, 2.75) is 4.71 Å². The Morgan fingerprint density at radius 3 is 2.17 bits per heavy atom. The lowest BCUT2D eigenvalue weighted by molar-refractivity contribution is 0.612. The van der Waals surface area contributed by atoms with Crippen molar-refractivity contribution in [1.82, 2.24) is 0 Å². The van der Waals surface area contributed by atoms with Gasteiger partial charge in [-0.15, -0.1) is 11.6 Å². The molecule has 0 heterocycles. The van der Waals surface area contributed by atoms with Crippen molar-refractivity contribution < 1.29 is 8.42 Å². The summed E-state index contributed by atoms with van der Waals surface area (Å²) in [6, 6.07) is 6.85. The third-order valence-electron chi connectivity index (χ3n) is 1.33. The Morgan fingerprint density at radius 1 is 1.25 bits per heavy atom. The fourth-order valence-electron chi connectivity index (χ4n) is 0.743. The zero-order valence-electron chi connectivity index (χ0n) is 5.91. The summed E-state index contributed by atoms with van der Waals surface area (Å²) in [7, 11) is -2.60. The second kappa shape index (κ2) is 4.25. The summed E-state index contributed by atoms with van der Waals surface area (Å²) < 4.78 is 20.9. The molecule has 0 amide bonds. The second-order valence-electron chi connectivity index (χ2n) is 2.17. The van der Waals surface area contributed by atoms with Crippen LogP contribution in [0.1, 0.15) is 10.3 Å². The average molecular weight is 270 g/mol. The van der Waals surface area contributed by atoms with Crippen LogP contribution in [0.25, 0.3) is 0 Å². The van der Waals surface area contributed by atoms with E-state index in [1.807, 2.05) is 0 Å². The Hall–Kier alpha value is -0.0600. The van der Waals surface area contributed by atoms with Crippen LogP contribution in [-0.2, 0) is 10.7 Å². The van der Waals surface area contributed by atoms with Gasteiger partial charge in [0.15, 0.2) is 15.4 Å². The largest absolute Gasteiger partial charge is 0.230 e. The lowest BCUT2D eigenvalue weighted by Gasteiger charge is -2.00. The van der Waals surface area contributed by atoms with E-state index in [2.05, 4.69) is 15.9 Å². The van der Waals surface area contributed by atoms with Gasteiger partial charge in [0.2, 0.25) is 0 Å². The van der Waals surface area contributed by atoms with Gasteiger partial charge in [-0.25, -0.2) is 8.42 Å². The van der Waals surface area contributed by atoms with Crippen molar-refractivity contribution in [2.75, 3.05) is 0 Å². The van der Waals surface area contributed by atoms with Crippen LogP contribution < -0.4 is 0 Å². The standard InChI is InChI=1S/C7H6BrClO2S/c8-6-3-1-5(2-4-6)7(9)12(10)11/h1-4,7,12H. The van der Waals surface area contributed by atoms with Gasteiger partial charge < -0.3 is 0 Å². The van der Waals surface area contributed by atoms with E-state index in [0.717, 1.165) is 4.47 Å². The maximum absolute atomic E-state index is 10.5. The molecule has 0 N–H and O–H groups in total. The summed E-state index contributed by atoms with van der Waals surface area (Å²) in [5.41, 5.74) is 0.593. The Morgan fingerprint density at radius 2 is 1.75 bits per heavy atom. The minimum absolute atomic E-state index is 0.593. The van der Waals surface area contributed by atoms with E-state index in [9.17, 15) is 8.42 Å². The molecule has 0 saturated heterocycles. The van der Waals surface area contributed by atoms with Gasteiger partial charge in [-0.3, -0.25) is 0 Å². The average Bonchev–Trinajstić information content (AvgIpc) is 2.04. The van der Waals surface area contributed by atoms with Gasteiger partial charge in [0.25, 0.3) is 0 Å². The van der Waals surface area contributed by atoms with Crippen LogP contribution in [0.4, 0.5) is 0 Å². The number of benzene rings is 1. The van der Waals surface area contributed by atoms with E-state index in [1.54, 1.807) is 24.3 Å². The van der Waals surface area contributed by atoms with Crippen molar-refractivity contribution in [3.63, 3.8) is 0 Å². The van der Waals surface area contributed by atoms with Crippen molar-refractivity contribution in [3.05, 3.63) is 34.3 Å². The van der Waals surface area contributed by atoms with Gasteiger partial charge in [-0.1, -0.05) is 28.1 Å². The predicted octanol–water partition coefficient (Wildman–Crippen LogP) is 2.30. The Labute approximate surface area is 85.6 Å². The molecule has 66 valence electrons. The molecule has 0 radical (unpaired) electrons. The van der Waals surface area contributed by atoms with Gasteiger partial charge in [0, 0.05) is 4.47 Å². The Kier molecular flexibility index (Phi) is 3.55. The lowest BCUT2D eigenvalue weighted by atomic mass is 10.2. The highest BCUT2D eigenvalue weighted by atomic mass is 79.9. The third kappa shape index (κ3) is 2.47. The molecule has 0 aliphatic rings. The van der Waals surface area contributed by atoms with Crippen LogP contribution in [0.2, 0.25) is 0 Å². The van der Waals surface area contributed by atoms with E-state index < -0.39 is 15.4 Å². The molecule has 0 bridgehead atoms. The molecule has 1 rings (SSSR count). The first kappa shape index (κ1) is 10.0. The zero-order valence-corrected chi connectivity index (χ0v) is 9.14. The molecule has 1 unspecified atom stereocenters. The molecule has 0 aliphatic carbocycles. The number of thiol groups is 1. The van der Waals surface area contributed by atoms with Gasteiger partial charge in [0.05, 0.1) is 0 Å². The van der Waals surface area contributed by atoms with Crippen molar-refractivity contribution in [3.8, 4) is 0 Å². The molecule has 1 aromatic rings. The Bertz CT molecular complexity index is 326. The number of rotatable bonds is 2. The summed E-state index contributed by atoms with van der Waals surface area (Å²) in [6.45, 7) is 0. The van der Waals surface area contributed by atoms with Crippen molar-refractivity contribution in [1.29, 1.82) is 0 Å². The van der Waals surface area contributed by atoms with Crippen molar-refractivity contribution in [2.24, 2.45) is 0 Å². The van der Waals surface area contributed by atoms with Crippen molar-refractivity contribution >= 4 is 38.2 Å². The normalized spacial score (nSPS) is 13.2. The molecule has 12 heavy (non-hydrogen) atoms. The number of alkyl halides is 1. The maximum atomic E-state index is 10.5. The SMILES string of the molecule is O=[SH](=O)C(Cl)c1ccc(Br)cc1. The van der Waals surface area contributed by atoms with E-state index in [0.29, 0.717) is 5.56 Å². The van der Waals surface area contributed by atoms with Crippen LogP contribution in [-0.4, -0.2) is 8.42 Å². The fraction of sp³-hybridized carbons (Fsp3) is 0.143. The molecule has 0 aromatic heterocycles. The highest BCUT2D eigenvalue weighted by Crippen LogP contribution is 2.22. The first-order chi connectivity index (χ1) is 5.61. The minimum atomic E-state index is -2.60. The summed E-state index contributed by atoms with van der Waals surface area (Å²) in [5.74, 6) is 0. The summed E-state index contributed by atoms with van der Waals surface area (Å²) >= 11 is 8.82. The van der Waals surface area contributed by atoms with Gasteiger partial charge >= 0.3 is 0 Å². The van der Waals surface area contributed by atoms with Gasteiger partial charge in [-0.2, -0.15) is 0 Å². The molecular formula is C7H6BrClO2S. The molecule has 2 nitrogen and oxygen atoms in total. The molecule has 1 aromatic carbocycles. The third-order valence-corrected chi connectivity index (χ3v) is 3.26. The number of hydrogen-bond donors (Lipinski definition) is 1. The smallest absolute Gasteiger partial charge is 0.161 e. The molecule has 0 fully saturated rings. The topological polar surface area (TPSA) is 34.1 Å². The molecule has 5 heteroatoms. The van der Waals surface area contributed by atoms with E-state index in [-0.39, 0.29) is 0 Å². The maximum Gasteiger partial charge on any atom is 0.161 e. The summed E-state index contributed by atoms with van der Waals surface area (Å²) in [4.78, 5) is 0. The summed E-state index contributed by atoms with van der Waals surface area (Å²) in [5, 5.41) is 0. The summed E-state index contributed by atoms with van der Waals surface area (Å²) in [6.07, 6.45) is 0. The predicted molar refractivity (Wildman–Crippen MR) is 53.1 cm³/mol.